The summed E-state index contributed by atoms with van der Waals surface area (Å²) < 4.78 is 5.77. The molecule has 2 aliphatic rings. The summed E-state index contributed by atoms with van der Waals surface area (Å²) in [4.78, 5) is 2.34. The largest absolute Gasteiger partial charge is 0.480 e. The second kappa shape index (κ2) is 8.01. The molecule has 1 N–H and O–H groups in total. The van der Waals surface area contributed by atoms with E-state index in [9.17, 15) is 5.26 Å². The van der Waals surface area contributed by atoms with Crippen molar-refractivity contribution >= 4 is 11.8 Å². The predicted octanol–water partition coefficient (Wildman–Crippen LogP) is 3.04. The van der Waals surface area contributed by atoms with Gasteiger partial charge in [-0.05, 0) is 31.5 Å². The first-order chi connectivity index (χ1) is 13.5. The van der Waals surface area contributed by atoms with Crippen LogP contribution >= 0.6 is 0 Å². The minimum Gasteiger partial charge on any atom is -0.480 e. The van der Waals surface area contributed by atoms with E-state index in [0.29, 0.717) is 5.57 Å². The molecule has 0 radical (unpaired) electrons. The number of hydrogen-bond donors (Lipinski definition) is 1. The number of allylic oxidation sites excluding steroid dienone is 2. The minimum atomic E-state index is -0.795. The molecule has 2 aliphatic heterocycles. The van der Waals surface area contributed by atoms with E-state index >= 15 is 0 Å². The number of nitriles is 3. The highest BCUT2D eigenvalue weighted by atomic mass is 16.5. The summed E-state index contributed by atoms with van der Waals surface area (Å²) in [5, 5.41) is 31.2. The number of rotatable bonds is 3. The van der Waals surface area contributed by atoms with Gasteiger partial charge in [0, 0.05) is 37.4 Å². The van der Waals surface area contributed by atoms with Crippen LogP contribution in [-0.4, -0.2) is 31.8 Å². The van der Waals surface area contributed by atoms with Gasteiger partial charge >= 0.3 is 0 Å². The van der Waals surface area contributed by atoms with Crippen LogP contribution in [-0.2, 0) is 4.74 Å². The predicted molar refractivity (Wildman–Crippen MR) is 107 cm³/mol. The van der Waals surface area contributed by atoms with Crippen LogP contribution in [0.1, 0.15) is 19.4 Å². The number of nitrogens with zero attached hydrogens (tertiary/aromatic N) is 4. The van der Waals surface area contributed by atoms with Gasteiger partial charge in [-0.2, -0.15) is 15.8 Å². The molecule has 0 bridgehead atoms. The summed E-state index contributed by atoms with van der Waals surface area (Å²) in [5.41, 5.74) is 2.09. The zero-order valence-electron chi connectivity index (χ0n) is 16.0. The lowest BCUT2D eigenvalue weighted by molar-refractivity contribution is 0.0954. The smallest absolute Gasteiger partial charge is 0.172 e. The summed E-state index contributed by atoms with van der Waals surface area (Å²) in [7, 11) is 0. The first-order valence-corrected chi connectivity index (χ1v) is 9.12. The normalized spacial score (nSPS) is 18.4. The van der Waals surface area contributed by atoms with Gasteiger partial charge in [-0.15, -0.1) is 0 Å². The van der Waals surface area contributed by atoms with Gasteiger partial charge < -0.3 is 15.0 Å². The Hall–Kier alpha value is -3.53. The molecule has 3 rings (SSSR count). The maximum Gasteiger partial charge on any atom is 0.172 e. The topological polar surface area (TPSA) is 95.9 Å². The summed E-state index contributed by atoms with van der Waals surface area (Å²) in [6.07, 6.45) is 3.75. The zero-order valence-corrected chi connectivity index (χ0v) is 16.0. The summed E-state index contributed by atoms with van der Waals surface area (Å²) >= 11 is 0. The maximum absolute atomic E-state index is 9.57. The van der Waals surface area contributed by atoms with Crippen molar-refractivity contribution in [1.29, 1.82) is 15.8 Å². The van der Waals surface area contributed by atoms with Crippen molar-refractivity contribution in [1.82, 2.24) is 5.32 Å². The third-order valence-electron chi connectivity index (χ3n) is 4.88. The minimum absolute atomic E-state index is 0.0613. The van der Waals surface area contributed by atoms with E-state index in [2.05, 4.69) is 28.4 Å². The van der Waals surface area contributed by atoms with Gasteiger partial charge in [-0.3, -0.25) is 0 Å². The Bertz CT molecular complexity index is 956. The van der Waals surface area contributed by atoms with Crippen molar-refractivity contribution in [2.45, 2.75) is 19.4 Å². The molecule has 6 nitrogen and oxygen atoms in total. The van der Waals surface area contributed by atoms with E-state index in [4.69, 9.17) is 15.3 Å². The fourth-order valence-electron chi connectivity index (χ4n) is 3.38. The highest BCUT2D eigenvalue weighted by Gasteiger charge is 2.38. The molecule has 0 spiro atoms. The van der Waals surface area contributed by atoms with Crippen molar-refractivity contribution in [3.05, 3.63) is 58.4 Å². The lowest BCUT2D eigenvalue weighted by atomic mass is 9.94. The number of hydrogen-bond acceptors (Lipinski definition) is 6. The van der Waals surface area contributed by atoms with Crippen LogP contribution in [0.4, 0.5) is 5.69 Å². The van der Waals surface area contributed by atoms with E-state index in [1.807, 2.05) is 38.1 Å². The van der Waals surface area contributed by atoms with Crippen LogP contribution in [0.3, 0.4) is 0 Å². The molecule has 6 heteroatoms. The average Bonchev–Trinajstić information content (AvgIpc) is 2.98. The lowest BCUT2D eigenvalue weighted by Crippen LogP contribution is -2.43. The first kappa shape index (κ1) is 19.2. The third-order valence-corrected chi connectivity index (χ3v) is 4.88. The molecule has 0 atom stereocenters. The molecule has 0 aromatic heterocycles. The van der Waals surface area contributed by atoms with Crippen molar-refractivity contribution in [2.24, 2.45) is 0 Å². The highest BCUT2D eigenvalue weighted by molar-refractivity contribution is 5.65. The Morgan fingerprint density at radius 2 is 1.71 bits per heavy atom. The molecule has 0 amide bonds. The highest BCUT2D eigenvalue weighted by Crippen LogP contribution is 2.40. The third kappa shape index (κ3) is 3.76. The Kier molecular flexibility index (Phi) is 5.50. The molecule has 1 saturated heterocycles. The second-order valence-corrected chi connectivity index (χ2v) is 7.10. The molecule has 2 heterocycles. The molecule has 140 valence electrons. The van der Waals surface area contributed by atoms with Crippen LogP contribution in [0.15, 0.2) is 52.8 Å². The molecule has 1 aromatic rings. The first-order valence-electron chi connectivity index (χ1n) is 9.12. The summed E-state index contributed by atoms with van der Waals surface area (Å²) in [5.74, 6) is 0.0613. The van der Waals surface area contributed by atoms with E-state index < -0.39 is 5.60 Å². The Morgan fingerprint density at radius 1 is 1.07 bits per heavy atom. The van der Waals surface area contributed by atoms with Gasteiger partial charge in [0.25, 0.3) is 0 Å². The molecule has 0 saturated carbocycles. The van der Waals surface area contributed by atoms with Crippen molar-refractivity contribution < 1.29 is 4.74 Å². The monoisotopic (exact) mass is 371 g/mol. The van der Waals surface area contributed by atoms with Gasteiger partial charge in [0.1, 0.15) is 29.4 Å². The van der Waals surface area contributed by atoms with E-state index in [0.717, 1.165) is 31.7 Å². The van der Waals surface area contributed by atoms with Crippen LogP contribution in [0.2, 0.25) is 0 Å². The molecular formula is C22H21N5O. The number of nitrogens with one attached hydrogen (secondary N) is 1. The Labute approximate surface area is 165 Å². The fraction of sp³-hybridized carbons (Fsp3) is 0.318. The quantitative estimate of drug-likeness (QED) is 0.821. The molecule has 28 heavy (non-hydrogen) atoms. The van der Waals surface area contributed by atoms with Crippen LogP contribution < -0.4 is 10.2 Å². The molecule has 1 aromatic carbocycles. The fourth-order valence-corrected chi connectivity index (χ4v) is 3.38. The van der Waals surface area contributed by atoms with Crippen molar-refractivity contribution in [2.75, 3.05) is 31.1 Å². The van der Waals surface area contributed by atoms with E-state index in [-0.39, 0.29) is 16.9 Å². The Morgan fingerprint density at radius 3 is 2.29 bits per heavy atom. The second-order valence-electron chi connectivity index (χ2n) is 7.10. The molecular weight excluding hydrogens is 350 g/mol. The lowest BCUT2D eigenvalue weighted by Gasteiger charge is -2.29. The van der Waals surface area contributed by atoms with Crippen LogP contribution in [0, 0.1) is 34.0 Å². The SMILES string of the molecule is CC1(C)OC(=C(C#N)C#N)C(C#N)=C1/C=C/c1ccc(N2CCNCC2)cc1. The van der Waals surface area contributed by atoms with Gasteiger partial charge in [0.15, 0.2) is 11.3 Å². The van der Waals surface area contributed by atoms with Gasteiger partial charge in [0.2, 0.25) is 0 Å². The van der Waals surface area contributed by atoms with Crippen molar-refractivity contribution in [3.8, 4) is 18.2 Å². The number of benzene rings is 1. The maximum atomic E-state index is 9.57. The van der Waals surface area contributed by atoms with Crippen LogP contribution in [0.5, 0.6) is 0 Å². The number of ether oxygens (including phenoxy) is 1. The van der Waals surface area contributed by atoms with E-state index in [1.165, 1.54) is 5.69 Å². The van der Waals surface area contributed by atoms with Gasteiger partial charge in [0.05, 0.1) is 0 Å². The summed E-state index contributed by atoms with van der Waals surface area (Å²) in [6, 6.07) is 14.0. The molecule has 0 unspecified atom stereocenters. The zero-order chi connectivity index (χ0) is 20.1. The molecule has 1 fully saturated rings. The van der Waals surface area contributed by atoms with Gasteiger partial charge in [-0.1, -0.05) is 24.3 Å². The van der Waals surface area contributed by atoms with Gasteiger partial charge in [-0.25, -0.2) is 0 Å². The number of anilines is 1. The standard InChI is InChI=1S/C22H21N5O/c1-22(2)20(19(15-25)21(28-22)17(13-23)14-24)8-5-16-3-6-18(7-4-16)27-11-9-26-10-12-27/h3-8,26H,9-12H2,1-2H3/b8-5+. The van der Waals surface area contributed by atoms with Crippen LogP contribution in [0.25, 0.3) is 6.08 Å². The van der Waals surface area contributed by atoms with E-state index in [1.54, 1.807) is 12.1 Å². The van der Waals surface area contributed by atoms with Crippen molar-refractivity contribution in [3.63, 3.8) is 0 Å². The average molecular weight is 371 g/mol. The Balaban J connectivity index is 1.89. The summed E-state index contributed by atoms with van der Waals surface area (Å²) in [6.45, 7) is 7.60. The number of piperazine rings is 1. The molecule has 0 aliphatic carbocycles.